The molecule has 1 aliphatic heterocycles. The highest BCUT2D eigenvalue weighted by atomic mass is 16.5. The molecule has 2 N–H and O–H groups in total. The van der Waals surface area contributed by atoms with Crippen molar-refractivity contribution in [1.29, 1.82) is 0 Å². The van der Waals surface area contributed by atoms with Crippen molar-refractivity contribution in [2.24, 2.45) is 11.1 Å². The molecule has 1 aromatic carbocycles. The highest BCUT2D eigenvalue weighted by Gasteiger charge is 2.39. The summed E-state index contributed by atoms with van der Waals surface area (Å²) < 4.78 is 6.75. The number of hydrogen-bond acceptors (Lipinski definition) is 5. The summed E-state index contributed by atoms with van der Waals surface area (Å²) in [6, 6.07) is 10.7. The van der Waals surface area contributed by atoms with Crippen molar-refractivity contribution >= 4 is 22.8 Å². The number of aromatic nitrogens is 3. The quantitative estimate of drug-likeness (QED) is 0.671. The molecule has 1 fully saturated rings. The van der Waals surface area contributed by atoms with Gasteiger partial charge in [-0.2, -0.15) is 10.1 Å². The number of hydrogen-bond donors (Lipinski definition) is 1. The van der Waals surface area contributed by atoms with Gasteiger partial charge in [-0.25, -0.2) is 4.68 Å². The van der Waals surface area contributed by atoms with Gasteiger partial charge in [0, 0.05) is 25.2 Å². The number of fused-ring (bicyclic) bond motifs is 1. The third kappa shape index (κ3) is 3.24. The molecule has 152 valence electrons. The van der Waals surface area contributed by atoms with Crippen LogP contribution in [-0.2, 0) is 4.79 Å². The maximum Gasteiger partial charge on any atom is 0.269 e. The number of nitrogens with zero attached hydrogens (tertiary/aromatic N) is 4. The minimum Gasteiger partial charge on any atom is -0.481 e. The molecule has 2 aromatic heterocycles. The van der Waals surface area contributed by atoms with Gasteiger partial charge in [0.1, 0.15) is 5.41 Å². The maximum atomic E-state index is 12.4. The number of benzene rings is 1. The van der Waals surface area contributed by atoms with Crippen LogP contribution in [-0.4, -0.2) is 52.2 Å². The first-order chi connectivity index (χ1) is 14.3. The molecule has 0 bridgehead atoms. The van der Waals surface area contributed by atoms with Crippen molar-refractivity contribution in [3.05, 3.63) is 47.7 Å². The highest BCUT2D eigenvalue weighted by Crippen LogP contribution is 2.30. The number of nitrogens with two attached hydrogens (primary N) is 1. The first-order valence-electron chi connectivity index (χ1n) is 9.45. The zero-order valence-corrected chi connectivity index (χ0v) is 17.0. The molecular weight excluding hydrogens is 382 g/mol. The number of ether oxygens (including phenoxy) is 1. The molecule has 30 heavy (non-hydrogen) atoms. The van der Waals surface area contributed by atoms with Gasteiger partial charge in [-0.05, 0) is 37.6 Å². The van der Waals surface area contributed by atoms with Crippen LogP contribution >= 0.6 is 0 Å². The number of methoxy groups -OCH3 is 1. The predicted octanol–water partition coefficient (Wildman–Crippen LogP) is 1.75. The smallest absolute Gasteiger partial charge is 0.269 e. The molecule has 8 heteroatoms. The fourth-order valence-electron chi connectivity index (χ4n) is 3.52. The van der Waals surface area contributed by atoms with E-state index in [-0.39, 0.29) is 11.6 Å². The number of primary amides is 1. The molecule has 1 atom stereocenters. The van der Waals surface area contributed by atoms with Gasteiger partial charge < -0.3 is 15.4 Å². The molecule has 0 spiro atoms. The molecule has 4 rings (SSSR count). The Hall–Kier alpha value is -3.86. The van der Waals surface area contributed by atoms with Crippen LogP contribution in [0.1, 0.15) is 29.4 Å². The topological polar surface area (TPSA) is 103 Å². The van der Waals surface area contributed by atoms with Gasteiger partial charge in [-0.3, -0.25) is 9.59 Å². The third-order valence-corrected chi connectivity index (χ3v) is 5.29. The van der Waals surface area contributed by atoms with Crippen LogP contribution in [0.2, 0.25) is 0 Å². The second kappa shape index (κ2) is 7.19. The van der Waals surface area contributed by atoms with Gasteiger partial charge in [-0.15, -0.1) is 0 Å². The first-order valence-corrected chi connectivity index (χ1v) is 9.45. The van der Waals surface area contributed by atoms with Gasteiger partial charge in [0.05, 0.1) is 18.2 Å². The molecule has 0 radical (unpaired) electrons. The molecule has 2 amide bonds. The SMILES string of the molecule is COc1ccc2c(C(N)=O)nn(-c3cccc(C#C[C@]4(C)CCN(C)C4=O)c3)c2n1. The van der Waals surface area contributed by atoms with E-state index in [1.807, 2.05) is 31.2 Å². The Bertz CT molecular complexity index is 1240. The second-order valence-corrected chi connectivity index (χ2v) is 7.46. The van der Waals surface area contributed by atoms with E-state index < -0.39 is 11.3 Å². The van der Waals surface area contributed by atoms with Gasteiger partial charge in [0.2, 0.25) is 11.8 Å². The molecule has 1 aliphatic rings. The third-order valence-electron chi connectivity index (χ3n) is 5.29. The summed E-state index contributed by atoms with van der Waals surface area (Å²) in [6.45, 7) is 2.57. The van der Waals surface area contributed by atoms with Crippen molar-refractivity contribution in [3.8, 4) is 23.4 Å². The van der Waals surface area contributed by atoms with Crippen molar-refractivity contribution in [2.45, 2.75) is 13.3 Å². The average molecular weight is 403 g/mol. The van der Waals surface area contributed by atoms with Crippen LogP contribution in [0.15, 0.2) is 36.4 Å². The van der Waals surface area contributed by atoms with Crippen LogP contribution in [0.4, 0.5) is 0 Å². The summed E-state index contributed by atoms with van der Waals surface area (Å²) in [5.74, 6) is 6.03. The minimum absolute atomic E-state index is 0.0339. The summed E-state index contributed by atoms with van der Waals surface area (Å²) >= 11 is 0. The molecule has 3 heterocycles. The van der Waals surface area contributed by atoms with Crippen molar-refractivity contribution < 1.29 is 14.3 Å². The monoisotopic (exact) mass is 403 g/mol. The van der Waals surface area contributed by atoms with E-state index in [2.05, 4.69) is 21.9 Å². The Balaban J connectivity index is 1.78. The minimum atomic E-state index is -0.683. The largest absolute Gasteiger partial charge is 0.481 e. The second-order valence-electron chi connectivity index (χ2n) is 7.46. The Labute approximate surface area is 173 Å². The number of amides is 2. The van der Waals surface area contributed by atoms with Crippen LogP contribution in [0, 0.1) is 17.3 Å². The Morgan fingerprint density at radius 1 is 1.30 bits per heavy atom. The zero-order valence-electron chi connectivity index (χ0n) is 17.0. The molecule has 0 unspecified atom stereocenters. The van der Waals surface area contributed by atoms with Crippen molar-refractivity contribution in [2.75, 3.05) is 20.7 Å². The Morgan fingerprint density at radius 2 is 2.10 bits per heavy atom. The number of rotatable bonds is 3. The average Bonchev–Trinajstić information content (AvgIpc) is 3.26. The van der Waals surface area contributed by atoms with Crippen molar-refractivity contribution in [3.63, 3.8) is 0 Å². The Morgan fingerprint density at radius 3 is 2.77 bits per heavy atom. The van der Waals surface area contributed by atoms with Crippen LogP contribution in [0.3, 0.4) is 0 Å². The van der Waals surface area contributed by atoms with Crippen molar-refractivity contribution in [1.82, 2.24) is 19.7 Å². The van der Waals surface area contributed by atoms with Crippen LogP contribution < -0.4 is 10.5 Å². The van der Waals surface area contributed by atoms with E-state index >= 15 is 0 Å². The normalized spacial score (nSPS) is 18.4. The number of likely N-dealkylation sites (tertiary alicyclic amines) is 1. The number of carbonyl (C=O) groups is 2. The molecule has 0 saturated carbocycles. The van der Waals surface area contributed by atoms with Gasteiger partial charge >= 0.3 is 0 Å². The lowest BCUT2D eigenvalue weighted by Gasteiger charge is -2.14. The standard InChI is InChI=1S/C22H21N5O3/c1-22(11-12-26(2)21(22)29)10-9-14-5-4-6-15(13-14)27-20-16(18(25-27)19(23)28)7-8-17(24-20)30-3/h4-8,13H,11-12H2,1-3H3,(H2,23,28)/t22-/m1/s1. The Kier molecular flexibility index (Phi) is 4.66. The van der Waals surface area contributed by atoms with E-state index in [1.165, 1.54) is 7.11 Å². The molecular formula is C22H21N5O3. The van der Waals surface area contributed by atoms with Gasteiger partial charge in [0.15, 0.2) is 11.3 Å². The van der Waals surface area contributed by atoms with E-state index in [0.29, 0.717) is 35.6 Å². The summed E-state index contributed by atoms with van der Waals surface area (Å²) in [7, 11) is 3.30. The molecule has 0 aliphatic carbocycles. The summed E-state index contributed by atoms with van der Waals surface area (Å²) in [5.41, 5.74) is 6.78. The van der Waals surface area contributed by atoms with Crippen LogP contribution in [0.5, 0.6) is 5.88 Å². The first kappa shape index (κ1) is 19.5. The maximum absolute atomic E-state index is 12.4. The highest BCUT2D eigenvalue weighted by molar-refractivity contribution is 6.03. The van der Waals surface area contributed by atoms with E-state index in [1.54, 1.807) is 28.8 Å². The zero-order chi connectivity index (χ0) is 21.5. The lowest BCUT2D eigenvalue weighted by molar-refractivity contribution is -0.131. The number of pyridine rings is 1. The van der Waals surface area contributed by atoms with Crippen LogP contribution in [0.25, 0.3) is 16.7 Å². The lowest BCUT2D eigenvalue weighted by Crippen LogP contribution is -2.28. The molecule has 1 saturated heterocycles. The summed E-state index contributed by atoms with van der Waals surface area (Å²) in [4.78, 5) is 30.3. The van der Waals surface area contributed by atoms with Gasteiger partial charge in [0.25, 0.3) is 5.91 Å². The van der Waals surface area contributed by atoms with E-state index in [4.69, 9.17) is 10.5 Å². The lowest BCUT2D eigenvalue weighted by atomic mass is 9.89. The number of carbonyl (C=O) groups excluding carboxylic acids is 2. The van der Waals surface area contributed by atoms with Gasteiger partial charge in [-0.1, -0.05) is 17.9 Å². The fourth-order valence-corrected chi connectivity index (χ4v) is 3.52. The fraction of sp³-hybridized carbons (Fsp3) is 0.273. The molecule has 8 nitrogen and oxygen atoms in total. The van der Waals surface area contributed by atoms with E-state index in [9.17, 15) is 9.59 Å². The summed E-state index contributed by atoms with van der Waals surface area (Å²) in [5, 5.41) is 4.90. The predicted molar refractivity (Wildman–Crippen MR) is 111 cm³/mol. The summed E-state index contributed by atoms with van der Waals surface area (Å²) in [6.07, 6.45) is 0.699. The van der Waals surface area contributed by atoms with E-state index in [0.717, 1.165) is 5.56 Å². The molecule has 3 aromatic rings.